The summed E-state index contributed by atoms with van der Waals surface area (Å²) in [6.45, 7) is 3.31. The molecule has 0 atom stereocenters. The van der Waals surface area contributed by atoms with E-state index in [1.54, 1.807) is 12.1 Å². The van der Waals surface area contributed by atoms with E-state index in [-0.39, 0.29) is 11.6 Å². The summed E-state index contributed by atoms with van der Waals surface area (Å²) in [5, 5.41) is 14.9. The van der Waals surface area contributed by atoms with E-state index in [0.717, 1.165) is 25.9 Å². The van der Waals surface area contributed by atoms with Crippen molar-refractivity contribution < 1.29 is 14.2 Å². The zero-order valence-electron chi connectivity index (χ0n) is 17.7. The molecule has 32 heavy (non-hydrogen) atoms. The summed E-state index contributed by atoms with van der Waals surface area (Å²) in [5.74, 6) is 0.983. The van der Waals surface area contributed by atoms with E-state index >= 15 is 0 Å². The maximum atomic E-state index is 12.5. The molecule has 0 aliphatic carbocycles. The number of non-ortho nitro benzene ring substituents is 1. The molecule has 0 spiro atoms. The highest BCUT2D eigenvalue weighted by Crippen LogP contribution is 2.22. The van der Waals surface area contributed by atoms with Crippen LogP contribution < -0.4 is 0 Å². The van der Waals surface area contributed by atoms with Crippen LogP contribution in [0.4, 0.5) is 5.69 Å². The molecule has 1 aromatic heterocycles. The third kappa shape index (κ3) is 5.55. The minimum Gasteiger partial charge on any atom is -0.340 e. The lowest BCUT2D eigenvalue weighted by Crippen LogP contribution is -2.48. The van der Waals surface area contributed by atoms with Gasteiger partial charge >= 0.3 is 0 Å². The molecule has 3 aromatic rings. The molecule has 2 aromatic carbocycles. The highest BCUT2D eigenvalue weighted by molar-refractivity contribution is 5.76. The van der Waals surface area contributed by atoms with Crippen molar-refractivity contribution in [1.29, 1.82) is 0 Å². The Bertz CT molecular complexity index is 1060. The minimum atomic E-state index is -0.451. The molecule has 1 fully saturated rings. The van der Waals surface area contributed by atoms with E-state index in [1.165, 1.54) is 17.7 Å². The number of benzene rings is 2. The Balaban J connectivity index is 1.23. The number of nitro groups is 1. The maximum Gasteiger partial charge on any atom is 0.270 e. The zero-order chi connectivity index (χ0) is 22.3. The molecule has 0 saturated carbocycles. The van der Waals surface area contributed by atoms with Gasteiger partial charge in [0.1, 0.15) is 0 Å². The molecule has 1 aliphatic rings. The smallest absolute Gasteiger partial charge is 0.270 e. The Morgan fingerprint density at radius 3 is 2.59 bits per heavy atom. The monoisotopic (exact) mass is 435 g/mol. The van der Waals surface area contributed by atoms with Crippen LogP contribution in [0.5, 0.6) is 0 Å². The quantitative estimate of drug-likeness (QED) is 0.395. The van der Waals surface area contributed by atoms with E-state index in [1.807, 2.05) is 23.1 Å². The normalized spacial score (nSPS) is 14.4. The lowest BCUT2D eigenvalue weighted by Gasteiger charge is -2.34. The van der Waals surface area contributed by atoms with E-state index in [0.29, 0.717) is 43.3 Å². The lowest BCUT2D eigenvalue weighted by molar-refractivity contribution is -0.384. The van der Waals surface area contributed by atoms with Gasteiger partial charge < -0.3 is 9.42 Å². The first kappa shape index (κ1) is 21.6. The number of rotatable bonds is 8. The molecule has 1 saturated heterocycles. The van der Waals surface area contributed by atoms with E-state index in [4.69, 9.17) is 4.52 Å². The second kappa shape index (κ2) is 10.1. The second-order valence-electron chi connectivity index (χ2n) is 7.82. The average Bonchev–Trinajstić information content (AvgIpc) is 3.29. The van der Waals surface area contributed by atoms with Crippen molar-refractivity contribution in [1.82, 2.24) is 19.9 Å². The topological polar surface area (TPSA) is 106 Å². The fourth-order valence-electron chi connectivity index (χ4n) is 3.79. The molecule has 9 nitrogen and oxygen atoms in total. The molecule has 0 radical (unpaired) electrons. The van der Waals surface area contributed by atoms with Crippen LogP contribution in [0, 0.1) is 10.1 Å². The number of nitrogens with zero attached hydrogens (tertiary/aromatic N) is 5. The van der Waals surface area contributed by atoms with Gasteiger partial charge in [-0.2, -0.15) is 4.98 Å². The molecule has 1 aliphatic heterocycles. The number of amides is 1. The summed E-state index contributed by atoms with van der Waals surface area (Å²) in [7, 11) is 0. The van der Waals surface area contributed by atoms with Crippen molar-refractivity contribution in [3.63, 3.8) is 0 Å². The molecular weight excluding hydrogens is 410 g/mol. The minimum absolute atomic E-state index is 0.0154. The van der Waals surface area contributed by atoms with Crippen LogP contribution in [0.2, 0.25) is 0 Å². The molecular formula is C23H25N5O4. The lowest BCUT2D eigenvalue weighted by atomic mass is 10.1. The SMILES string of the molecule is O=C(CCCc1ccccc1)N1CCN(Cc2nc(-c3cccc([N+](=O)[O-])c3)no2)CC1. The van der Waals surface area contributed by atoms with Crippen LogP contribution in [-0.2, 0) is 17.8 Å². The van der Waals surface area contributed by atoms with Crippen LogP contribution in [0.25, 0.3) is 11.4 Å². The number of aromatic nitrogens is 2. The summed E-state index contributed by atoms with van der Waals surface area (Å²) in [6, 6.07) is 16.4. The van der Waals surface area contributed by atoms with Gasteiger partial charge in [-0.25, -0.2) is 0 Å². The number of piperazine rings is 1. The first-order valence-electron chi connectivity index (χ1n) is 10.7. The third-order valence-corrected chi connectivity index (χ3v) is 5.57. The van der Waals surface area contributed by atoms with Crippen LogP contribution in [0.3, 0.4) is 0 Å². The summed E-state index contributed by atoms with van der Waals surface area (Å²) >= 11 is 0. The Morgan fingerprint density at radius 2 is 1.84 bits per heavy atom. The average molecular weight is 435 g/mol. The van der Waals surface area contributed by atoms with Crippen molar-refractivity contribution in [3.05, 3.63) is 76.2 Å². The van der Waals surface area contributed by atoms with Gasteiger partial charge in [-0.1, -0.05) is 47.6 Å². The Hall–Kier alpha value is -3.59. The number of hydrogen-bond acceptors (Lipinski definition) is 7. The van der Waals surface area contributed by atoms with Gasteiger partial charge in [0.2, 0.25) is 17.6 Å². The van der Waals surface area contributed by atoms with Gasteiger partial charge in [0.25, 0.3) is 5.69 Å². The molecule has 4 rings (SSSR count). The number of hydrogen-bond donors (Lipinski definition) is 0. The van der Waals surface area contributed by atoms with Crippen molar-refractivity contribution in [3.8, 4) is 11.4 Å². The van der Waals surface area contributed by atoms with Crippen LogP contribution in [0.15, 0.2) is 59.1 Å². The fourth-order valence-corrected chi connectivity index (χ4v) is 3.79. The largest absolute Gasteiger partial charge is 0.340 e. The van der Waals surface area contributed by atoms with Crippen LogP contribution in [-0.4, -0.2) is 56.9 Å². The fraction of sp³-hybridized carbons (Fsp3) is 0.348. The Morgan fingerprint density at radius 1 is 1.06 bits per heavy atom. The van der Waals surface area contributed by atoms with E-state index in [9.17, 15) is 14.9 Å². The summed E-state index contributed by atoms with van der Waals surface area (Å²) in [4.78, 5) is 31.5. The van der Waals surface area contributed by atoms with Crippen molar-refractivity contribution in [2.75, 3.05) is 26.2 Å². The molecule has 1 amide bonds. The predicted molar refractivity (Wildman–Crippen MR) is 118 cm³/mol. The third-order valence-electron chi connectivity index (χ3n) is 5.57. The molecule has 0 bridgehead atoms. The molecule has 166 valence electrons. The predicted octanol–water partition coefficient (Wildman–Crippen LogP) is 3.31. The van der Waals surface area contributed by atoms with Gasteiger partial charge in [0.05, 0.1) is 11.5 Å². The molecule has 9 heteroatoms. The number of aryl methyl sites for hydroxylation is 1. The first-order chi connectivity index (χ1) is 15.6. The molecule has 0 unspecified atom stereocenters. The van der Waals surface area contributed by atoms with E-state index < -0.39 is 4.92 Å². The number of nitro benzene ring substituents is 1. The summed E-state index contributed by atoms with van der Waals surface area (Å²) in [5.41, 5.74) is 1.78. The number of carbonyl (C=O) groups excluding carboxylic acids is 1. The second-order valence-corrected chi connectivity index (χ2v) is 7.82. The van der Waals surface area contributed by atoms with Gasteiger partial charge in [0.15, 0.2) is 0 Å². The first-order valence-corrected chi connectivity index (χ1v) is 10.7. The summed E-state index contributed by atoms with van der Waals surface area (Å²) < 4.78 is 5.34. The van der Waals surface area contributed by atoms with Crippen molar-refractivity contribution >= 4 is 11.6 Å². The van der Waals surface area contributed by atoms with Gasteiger partial charge in [-0.3, -0.25) is 19.8 Å². The van der Waals surface area contributed by atoms with Crippen molar-refractivity contribution in [2.45, 2.75) is 25.8 Å². The number of carbonyl (C=O) groups is 1. The highest BCUT2D eigenvalue weighted by Gasteiger charge is 2.22. The Labute approximate surface area is 185 Å². The zero-order valence-corrected chi connectivity index (χ0v) is 17.7. The molecule has 2 heterocycles. The maximum absolute atomic E-state index is 12.5. The van der Waals surface area contributed by atoms with E-state index in [2.05, 4.69) is 27.2 Å². The summed E-state index contributed by atoms with van der Waals surface area (Å²) in [6.07, 6.45) is 2.33. The van der Waals surface area contributed by atoms with Crippen LogP contribution in [0.1, 0.15) is 24.3 Å². The van der Waals surface area contributed by atoms with Gasteiger partial charge in [0, 0.05) is 50.3 Å². The molecule has 0 N–H and O–H groups in total. The standard InChI is InChI=1S/C23H25N5O4/c29-22(11-4-8-18-6-2-1-3-7-18)27-14-12-26(13-15-27)17-21-24-23(25-32-21)19-9-5-10-20(16-19)28(30)31/h1-3,5-7,9-10,16H,4,8,11-15,17H2. The van der Waals surface area contributed by atoms with Gasteiger partial charge in [-0.05, 0) is 18.4 Å². The highest BCUT2D eigenvalue weighted by atomic mass is 16.6. The Kier molecular flexibility index (Phi) is 6.86. The van der Waals surface area contributed by atoms with Crippen LogP contribution >= 0.6 is 0 Å². The van der Waals surface area contributed by atoms with Crippen molar-refractivity contribution in [2.24, 2.45) is 0 Å². The van der Waals surface area contributed by atoms with Gasteiger partial charge in [-0.15, -0.1) is 0 Å².